The Bertz CT molecular complexity index is 541. The lowest BCUT2D eigenvalue weighted by Crippen LogP contribution is -1.97. The van der Waals surface area contributed by atoms with Gasteiger partial charge in [0, 0.05) is 17.2 Å². The average Bonchev–Trinajstić information content (AvgIpc) is 2.86. The summed E-state index contributed by atoms with van der Waals surface area (Å²) in [5.41, 5.74) is 0.814. The molecular formula is C12H11NO2S2. The number of hydrogen-bond donors (Lipinski definition) is 1. The van der Waals surface area contributed by atoms with Gasteiger partial charge in [-0.3, -0.25) is 0 Å². The largest absolute Gasteiger partial charge is 0.477 e. The van der Waals surface area contributed by atoms with Crippen molar-refractivity contribution in [2.45, 2.75) is 25.2 Å². The summed E-state index contributed by atoms with van der Waals surface area (Å²) in [6.45, 7) is 0. The molecule has 0 amide bonds. The van der Waals surface area contributed by atoms with Crippen LogP contribution in [0.3, 0.4) is 0 Å². The fourth-order valence-corrected chi connectivity index (χ4v) is 3.61. The topological polar surface area (TPSA) is 50.2 Å². The number of thiazole rings is 1. The summed E-state index contributed by atoms with van der Waals surface area (Å²) in [6, 6.07) is 4.07. The normalized spacial score (nSPS) is 15.1. The Hall–Kier alpha value is -1.20. The van der Waals surface area contributed by atoms with Crippen LogP contribution >= 0.6 is 22.7 Å². The Labute approximate surface area is 107 Å². The van der Waals surface area contributed by atoms with Crippen LogP contribution in [0.5, 0.6) is 0 Å². The van der Waals surface area contributed by atoms with Crippen molar-refractivity contribution in [2.75, 3.05) is 0 Å². The van der Waals surface area contributed by atoms with E-state index in [1.165, 1.54) is 16.2 Å². The predicted molar refractivity (Wildman–Crippen MR) is 68.2 cm³/mol. The van der Waals surface area contributed by atoms with Gasteiger partial charge in [0.25, 0.3) is 0 Å². The van der Waals surface area contributed by atoms with E-state index in [2.05, 4.69) is 11.1 Å². The molecule has 0 unspecified atom stereocenters. The molecule has 2 aromatic heterocycles. The Morgan fingerprint density at radius 1 is 1.53 bits per heavy atom. The van der Waals surface area contributed by atoms with Crippen molar-refractivity contribution in [3.63, 3.8) is 0 Å². The fourth-order valence-electron chi connectivity index (χ4n) is 1.80. The van der Waals surface area contributed by atoms with Gasteiger partial charge >= 0.3 is 5.97 Å². The highest BCUT2D eigenvalue weighted by atomic mass is 32.1. The first kappa shape index (κ1) is 10.9. The molecular weight excluding hydrogens is 254 g/mol. The molecule has 3 nitrogen and oxygen atoms in total. The van der Waals surface area contributed by atoms with Gasteiger partial charge in [0.05, 0.1) is 10.7 Å². The van der Waals surface area contributed by atoms with Crippen molar-refractivity contribution in [1.29, 1.82) is 0 Å². The number of carboxylic acids is 1. The Morgan fingerprint density at radius 2 is 2.35 bits per heavy atom. The highest BCUT2D eigenvalue weighted by Gasteiger charge is 2.31. The van der Waals surface area contributed by atoms with E-state index in [1.54, 1.807) is 11.3 Å². The number of hydrogen-bond acceptors (Lipinski definition) is 4. The highest BCUT2D eigenvalue weighted by Crippen LogP contribution is 2.42. The van der Waals surface area contributed by atoms with Crippen molar-refractivity contribution in [3.8, 4) is 0 Å². The number of carboxylic acid groups (broad SMARTS) is 1. The number of carbonyl (C=O) groups is 1. The van der Waals surface area contributed by atoms with Gasteiger partial charge in [-0.2, -0.15) is 0 Å². The van der Waals surface area contributed by atoms with E-state index in [0.717, 1.165) is 30.0 Å². The minimum atomic E-state index is -0.832. The third kappa shape index (κ3) is 2.25. The third-order valence-corrected chi connectivity index (χ3v) is 4.70. The lowest BCUT2D eigenvalue weighted by Gasteiger charge is -1.92. The molecule has 1 aliphatic carbocycles. The summed E-state index contributed by atoms with van der Waals surface area (Å²) in [5, 5.41) is 12.1. The van der Waals surface area contributed by atoms with Crippen LogP contribution in [-0.4, -0.2) is 16.1 Å². The van der Waals surface area contributed by atoms with Crippen LogP contribution in [-0.2, 0) is 6.42 Å². The zero-order valence-electron chi connectivity index (χ0n) is 9.05. The second-order valence-corrected chi connectivity index (χ2v) is 6.27. The maximum atomic E-state index is 11.1. The van der Waals surface area contributed by atoms with Crippen LogP contribution in [0.25, 0.3) is 0 Å². The number of aromatic carboxylic acids is 1. The number of nitrogens with zero attached hydrogens (tertiary/aromatic N) is 1. The maximum Gasteiger partial charge on any atom is 0.347 e. The first-order valence-corrected chi connectivity index (χ1v) is 7.19. The molecule has 0 bridgehead atoms. The molecule has 5 heteroatoms. The lowest BCUT2D eigenvalue weighted by molar-refractivity contribution is 0.0700. The van der Waals surface area contributed by atoms with Gasteiger partial charge in [-0.25, -0.2) is 9.78 Å². The first-order valence-electron chi connectivity index (χ1n) is 5.49. The van der Waals surface area contributed by atoms with Crippen LogP contribution in [0, 0.1) is 0 Å². The minimum Gasteiger partial charge on any atom is -0.477 e. The van der Waals surface area contributed by atoms with Crippen molar-refractivity contribution in [1.82, 2.24) is 4.98 Å². The van der Waals surface area contributed by atoms with Gasteiger partial charge in [-0.15, -0.1) is 22.7 Å². The molecule has 1 saturated carbocycles. The SMILES string of the molecule is O=C(O)c1sc(Cc2cccs2)nc1C1CC1. The van der Waals surface area contributed by atoms with Crippen LogP contribution < -0.4 is 0 Å². The van der Waals surface area contributed by atoms with E-state index in [4.69, 9.17) is 5.11 Å². The second-order valence-electron chi connectivity index (χ2n) is 4.16. The maximum absolute atomic E-state index is 11.1. The highest BCUT2D eigenvalue weighted by molar-refractivity contribution is 7.14. The Kier molecular flexibility index (Phi) is 2.72. The molecule has 0 saturated heterocycles. The van der Waals surface area contributed by atoms with Crippen molar-refractivity contribution in [3.05, 3.63) is 38.0 Å². The predicted octanol–water partition coefficient (Wildman–Crippen LogP) is 3.37. The molecule has 17 heavy (non-hydrogen) atoms. The van der Waals surface area contributed by atoms with Crippen LogP contribution in [0.2, 0.25) is 0 Å². The molecule has 2 aromatic rings. The summed E-state index contributed by atoms with van der Waals surface area (Å²) in [4.78, 5) is 17.3. The molecule has 1 aliphatic rings. The van der Waals surface area contributed by atoms with E-state index in [0.29, 0.717) is 10.8 Å². The number of thiophene rings is 1. The van der Waals surface area contributed by atoms with Crippen LogP contribution in [0.15, 0.2) is 17.5 Å². The summed E-state index contributed by atoms with van der Waals surface area (Å²) in [5.74, 6) is -0.434. The summed E-state index contributed by atoms with van der Waals surface area (Å²) in [6.07, 6.45) is 2.93. The molecule has 1 N–H and O–H groups in total. The standard InChI is InChI=1S/C12H11NO2S2/c14-12(15)11-10(7-3-4-7)13-9(17-11)6-8-2-1-5-16-8/h1-2,5,7H,3-4,6H2,(H,14,15). The molecule has 0 aliphatic heterocycles. The van der Waals surface area contributed by atoms with E-state index in [1.807, 2.05) is 11.4 Å². The number of aromatic nitrogens is 1. The summed E-state index contributed by atoms with van der Waals surface area (Å²) in [7, 11) is 0. The monoisotopic (exact) mass is 265 g/mol. The molecule has 1 fully saturated rings. The average molecular weight is 265 g/mol. The molecule has 0 radical (unpaired) electrons. The first-order chi connectivity index (χ1) is 8.24. The Morgan fingerprint density at radius 3 is 2.94 bits per heavy atom. The quantitative estimate of drug-likeness (QED) is 0.922. The van der Waals surface area contributed by atoms with Gasteiger partial charge in [0.15, 0.2) is 0 Å². The van der Waals surface area contributed by atoms with Crippen molar-refractivity contribution in [2.24, 2.45) is 0 Å². The molecule has 0 spiro atoms. The second kappa shape index (κ2) is 4.23. The molecule has 0 atom stereocenters. The Balaban J connectivity index is 1.90. The minimum absolute atomic E-state index is 0.398. The van der Waals surface area contributed by atoms with Gasteiger partial charge < -0.3 is 5.11 Å². The molecule has 2 heterocycles. The molecule has 0 aromatic carbocycles. The zero-order chi connectivity index (χ0) is 11.8. The van der Waals surface area contributed by atoms with E-state index in [-0.39, 0.29) is 0 Å². The van der Waals surface area contributed by atoms with Crippen LogP contribution in [0.1, 0.15) is 44.0 Å². The smallest absolute Gasteiger partial charge is 0.347 e. The van der Waals surface area contributed by atoms with Crippen molar-refractivity contribution >= 4 is 28.6 Å². The lowest BCUT2D eigenvalue weighted by atomic mass is 10.2. The van der Waals surface area contributed by atoms with Gasteiger partial charge in [-0.1, -0.05) is 6.07 Å². The zero-order valence-corrected chi connectivity index (χ0v) is 10.7. The van der Waals surface area contributed by atoms with Crippen molar-refractivity contribution < 1.29 is 9.90 Å². The van der Waals surface area contributed by atoms with E-state index >= 15 is 0 Å². The van der Waals surface area contributed by atoms with Gasteiger partial charge in [-0.05, 0) is 24.3 Å². The third-order valence-electron chi connectivity index (χ3n) is 2.76. The van der Waals surface area contributed by atoms with Gasteiger partial charge in [0.2, 0.25) is 0 Å². The fraction of sp³-hybridized carbons (Fsp3) is 0.333. The van der Waals surface area contributed by atoms with Crippen LogP contribution in [0.4, 0.5) is 0 Å². The van der Waals surface area contributed by atoms with E-state index < -0.39 is 5.97 Å². The van der Waals surface area contributed by atoms with Gasteiger partial charge in [0.1, 0.15) is 4.88 Å². The summed E-state index contributed by atoms with van der Waals surface area (Å²) < 4.78 is 0. The summed E-state index contributed by atoms with van der Waals surface area (Å²) >= 11 is 3.01. The molecule has 3 rings (SSSR count). The molecule has 88 valence electrons. The number of rotatable bonds is 4. The van der Waals surface area contributed by atoms with E-state index in [9.17, 15) is 4.79 Å².